The van der Waals surface area contributed by atoms with Crippen LogP contribution in [0.3, 0.4) is 0 Å². The second-order valence-corrected chi connectivity index (χ2v) is 5.76. The number of nitrogens with one attached hydrogen (secondary N) is 1. The number of carbonyl (C=O) groups excluding carboxylic acids is 1. The lowest BCUT2D eigenvalue weighted by molar-refractivity contribution is -0.124. The average Bonchev–Trinajstić information content (AvgIpc) is 2.35. The molecule has 1 unspecified atom stereocenters. The van der Waals surface area contributed by atoms with Gasteiger partial charge in [0.1, 0.15) is 0 Å². The molecule has 1 rings (SSSR count). The summed E-state index contributed by atoms with van der Waals surface area (Å²) in [5, 5.41) is 3.06. The zero-order valence-corrected chi connectivity index (χ0v) is 12.0. The van der Waals surface area contributed by atoms with Crippen molar-refractivity contribution in [1.82, 2.24) is 10.2 Å². The highest BCUT2D eigenvalue weighted by Crippen LogP contribution is 2.31. The summed E-state index contributed by atoms with van der Waals surface area (Å²) >= 11 is 5.69. The lowest BCUT2D eigenvalue weighted by Crippen LogP contribution is -2.54. The summed E-state index contributed by atoms with van der Waals surface area (Å²) in [4.78, 5) is 14.0. The van der Waals surface area contributed by atoms with Gasteiger partial charge in [0.15, 0.2) is 0 Å². The van der Waals surface area contributed by atoms with Crippen LogP contribution in [0.25, 0.3) is 0 Å². The summed E-state index contributed by atoms with van der Waals surface area (Å²) in [5.41, 5.74) is 0.153. The topological polar surface area (TPSA) is 32.3 Å². The second-order valence-electron chi connectivity index (χ2n) is 5.45. The summed E-state index contributed by atoms with van der Waals surface area (Å²) in [6.07, 6.45) is 6.20. The Labute approximate surface area is 110 Å². The van der Waals surface area contributed by atoms with Crippen LogP contribution in [0.4, 0.5) is 0 Å². The standard InChI is InChI=1S/C13H25ClN2O/c1-11(9-14)12(17)15-10-13(16(2)3)7-5-4-6-8-13/h11H,4-10H2,1-3H3,(H,15,17). The first kappa shape index (κ1) is 14.8. The zero-order valence-electron chi connectivity index (χ0n) is 11.3. The van der Waals surface area contributed by atoms with E-state index in [0.717, 1.165) is 6.54 Å². The Morgan fingerprint density at radius 1 is 1.35 bits per heavy atom. The number of rotatable bonds is 5. The minimum atomic E-state index is -0.0977. The van der Waals surface area contributed by atoms with Gasteiger partial charge in [0.25, 0.3) is 0 Å². The van der Waals surface area contributed by atoms with Crippen molar-refractivity contribution in [3.8, 4) is 0 Å². The van der Waals surface area contributed by atoms with Crippen molar-refractivity contribution in [2.75, 3.05) is 26.5 Å². The molecule has 4 heteroatoms. The van der Waals surface area contributed by atoms with E-state index >= 15 is 0 Å². The molecule has 0 saturated heterocycles. The number of amides is 1. The van der Waals surface area contributed by atoms with E-state index in [9.17, 15) is 4.79 Å². The van der Waals surface area contributed by atoms with Gasteiger partial charge in [-0.3, -0.25) is 4.79 Å². The molecule has 0 aromatic heterocycles. The molecule has 0 aromatic rings. The molecule has 1 amide bonds. The highest BCUT2D eigenvalue weighted by Gasteiger charge is 2.34. The summed E-state index contributed by atoms with van der Waals surface area (Å²) in [7, 11) is 4.23. The molecule has 0 aromatic carbocycles. The van der Waals surface area contributed by atoms with Crippen LogP contribution in [0.15, 0.2) is 0 Å². The van der Waals surface area contributed by atoms with Crippen LogP contribution >= 0.6 is 11.6 Å². The van der Waals surface area contributed by atoms with Gasteiger partial charge < -0.3 is 10.2 Å². The van der Waals surface area contributed by atoms with Gasteiger partial charge in [0, 0.05) is 23.9 Å². The van der Waals surface area contributed by atoms with Gasteiger partial charge in [-0.1, -0.05) is 26.2 Å². The van der Waals surface area contributed by atoms with E-state index in [-0.39, 0.29) is 17.4 Å². The molecule has 0 heterocycles. The highest BCUT2D eigenvalue weighted by atomic mass is 35.5. The van der Waals surface area contributed by atoms with Crippen molar-refractivity contribution in [3.63, 3.8) is 0 Å². The quantitative estimate of drug-likeness (QED) is 0.769. The fraction of sp³-hybridized carbons (Fsp3) is 0.923. The van der Waals surface area contributed by atoms with E-state index in [2.05, 4.69) is 24.3 Å². The smallest absolute Gasteiger partial charge is 0.224 e. The van der Waals surface area contributed by atoms with Crippen LogP contribution in [0, 0.1) is 5.92 Å². The van der Waals surface area contributed by atoms with Gasteiger partial charge in [0.2, 0.25) is 5.91 Å². The molecule has 1 saturated carbocycles. The van der Waals surface area contributed by atoms with E-state index in [0.29, 0.717) is 5.88 Å². The zero-order chi connectivity index (χ0) is 12.9. The Bertz CT molecular complexity index is 250. The molecular formula is C13H25ClN2O. The number of alkyl halides is 1. The molecule has 1 aliphatic rings. The summed E-state index contributed by atoms with van der Waals surface area (Å²) < 4.78 is 0. The van der Waals surface area contributed by atoms with E-state index in [1.165, 1.54) is 32.1 Å². The van der Waals surface area contributed by atoms with Crippen molar-refractivity contribution in [1.29, 1.82) is 0 Å². The Hall–Kier alpha value is -0.280. The van der Waals surface area contributed by atoms with E-state index in [1.54, 1.807) is 0 Å². The first-order valence-corrected chi connectivity index (χ1v) is 7.06. The molecule has 0 aliphatic heterocycles. The number of halogens is 1. The van der Waals surface area contributed by atoms with Gasteiger partial charge >= 0.3 is 0 Å². The normalized spacial score (nSPS) is 21.2. The number of hydrogen-bond acceptors (Lipinski definition) is 2. The predicted octanol–water partition coefficient (Wildman–Crippen LogP) is 2.24. The SMILES string of the molecule is CC(CCl)C(=O)NCC1(N(C)C)CCCCC1. The maximum atomic E-state index is 11.8. The fourth-order valence-corrected chi connectivity index (χ4v) is 2.63. The minimum Gasteiger partial charge on any atom is -0.354 e. The van der Waals surface area contributed by atoms with Gasteiger partial charge in [-0.05, 0) is 26.9 Å². The van der Waals surface area contributed by atoms with Crippen LogP contribution in [0.5, 0.6) is 0 Å². The fourth-order valence-electron chi connectivity index (χ4n) is 2.49. The summed E-state index contributed by atoms with van der Waals surface area (Å²) in [6.45, 7) is 2.62. The molecule has 1 aliphatic carbocycles. The minimum absolute atomic E-state index is 0.0757. The van der Waals surface area contributed by atoms with Crippen molar-refractivity contribution in [2.45, 2.75) is 44.6 Å². The van der Waals surface area contributed by atoms with Gasteiger partial charge in [0.05, 0.1) is 0 Å². The molecule has 0 bridgehead atoms. The highest BCUT2D eigenvalue weighted by molar-refractivity contribution is 6.19. The van der Waals surface area contributed by atoms with Crippen molar-refractivity contribution >= 4 is 17.5 Å². The first-order valence-electron chi connectivity index (χ1n) is 6.53. The largest absolute Gasteiger partial charge is 0.354 e. The van der Waals surface area contributed by atoms with E-state index in [1.807, 2.05) is 6.92 Å². The van der Waals surface area contributed by atoms with E-state index in [4.69, 9.17) is 11.6 Å². The number of likely N-dealkylation sites (N-methyl/N-ethyl adjacent to an activating group) is 1. The molecule has 17 heavy (non-hydrogen) atoms. The molecule has 1 fully saturated rings. The third-order valence-corrected chi connectivity index (χ3v) is 4.47. The predicted molar refractivity (Wildman–Crippen MR) is 72.4 cm³/mol. The maximum Gasteiger partial charge on any atom is 0.224 e. The molecule has 1 atom stereocenters. The monoisotopic (exact) mass is 260 g/mol. The Kier molecular flexibility index (Phi) is 5.74. The Morgan fingerprint density at radius 3 is 2.41 bits per heavy atom. The molecule has 0 radical (unpaired) electrons. The van der Waals surface area contributed by atoms with Crippen molar-refractivity contribution in [2.24, 2.45) is 5.92 Å². The maximum absolute atomic E-state index is 11.8. The van der Waals surface area contributed by atoms with Gasteiger partial charge in [-0.2, -0.15) is 0 Å². The van der Waals surface area contributed by atoms with Crippen LogP contribution in [-0.4, -0.2) is 42.9 Å². The van der Waals surface area contributed by atoms with Crippen LogP contribution in [0.2, 0.25) is 0 Å². The third kappa shape index (κ3) is 3.85. The van der Waals surface area contributed by atoms with Crippen LogP contribution < -0.4 is 5.32 Å². The van der Waals surface area contributed by atoms with Gasteiger partial charge in [-0.15, -0.1) is 11.6 Å². The van der Waals surface area contributed by atoms with Crippen molar-refractivity contribution < 1.29 is 4.79 Å². The second kappa shape index (κ2) is 6.60. The van der Waals surface area contributed by atoms with E-state index < -0.39 is 0 Å². The van der Waals surface area contributed by atoms with Crippen LogP contribution in [0.1, 0.15) is 39.0 Å². The third-order valence-electron chi connectivity index (χ3n) is 4.00. The number of carbonyl (C=O) groups is 1. The first-order chi connectivity index (χ1) is 8.02. The van der Waals surface area contributed by atoms with Gasteiger partial charge in [-0.25, -0.2) is 0 Å². The molecular weight excluding hydrogens is 236 g/mol. The molecule has 0 spiro atoms. The average molecular weight is 261 g/mol. The summed E-state index contributed by atoms with van der Waals surface area (Å²) in [5.74, 6) is 0.368. The number of hydrogen-bond donors (Lipinski definition) is 1. The van der Waals surface area contributed by atoms with Crippen LogP contribution in [-0.2, 0) is 4.79 Å². The summed E-state index contributed by atoms with van der Waals surface area (Å²) in [6, 6.07) is 0. The molecule has 100 valence electrons. The molecule has 3 nitrogen and oxygen atoms in total. The number of nitrogens with zero attached hydrogens (tertiary/aromatic N) is 1. The Balaban J connectivity index is 2.53. The lowest BCUT2D eigenvalue weighted by atomic mass is 9.80. The molecule has 1 N–H and O–H groups in total. The Morgan fingerprint density at radius 2 is 1.94 bits per heavy atom. The van der Waals surface area contributed by atoms with Crippen molar-refractivity contribution in [3.05, 3.63) is 0 Å². The lowest BCUT2D eigenvalue weighted by Gasteiger charge is -2.43.